The first kappa shape index (κ1) is 19.7. The van der Waals surface area contributed by atoms with E-state index in [1.54, 1.807) is 20.8 Å². The van der Waals surface area contributed by atoms with Crippen molar-refractivity contribution in [2.45, 2.75) is 26.8 Å². The second-order valence-corrected chi connectivity index (χ2v) is 7.80. The molecule has 0 aliphatic rings. The summed E-state index contributed by atoms with van der Waals surface area (Å²) in [5.41, 5.74) is -0.469. The van der Waals surface area contributed by atoms with Crippen LogP contribution < -0.4 is 11.1 Å². The molecule has 1 unspecified atom stereocenters. The van der Waals surface area contributed by atoms with Crippen LogP contribution in [0.4, 0.5) is 10.2 Å². The summed E-state index contributed by atoms with van der Waals surface area (Å²) in [7, 11) is 0. The van der Waals surface area contributed by atoms with Crippen molar-refractivity contribution in [3.63, 3.8) is 0 Å². The first-order chi connectivity index (χ1) is 13.1. The van der Waals surface area contributed by atoms with Gasteiger partial charge in [0.1, 0.15) is 11.9 Å². The average molecular weight is 456 g/mol. The van der Waals surface area contributed by atoms with Crippen LogP contribution in [0.1, 0.15) is 20.8 Å². The molecule has 0 aliphatic carbocycles. The Kier molecular flexibility index (Phi) is 5.06. The Hall–Kier alpha value is -3.02. The lowest BCUT2D eigenvalue weighted by Gasteiger charge is -2.27. The SMILES string of the molecule is CC(C)(C)C(Nc1nonc1-c1noc(=O)n1-c1ccc(F)c(Br)c1)C(=O)O. The molecule has 0 saturated carbocycles. The number of hydrogen-bond acceptors (Lipinski definition) is 8. The van der Waals surface area contributed by atoms with E-state index in [2.05, 4.69) is 36.7 Å². The summed E-state index contributed by atoms with van der Waals surface area (Å²) >= 11 is 3.05. The molecule has 0 amide bonds. The van der Waals surface area contributed by atoms with Gasteiger partial charge in [-0.25, -0.2) is 23.2 Å². The number of aromatic nitrogens is 4. The average Bonchev–Trinajstić information content (AvgIpc) is 3.20. The minimum absolute atomic E-state index is 0.0365. The summed E-state index contributed by atoms with van der Waals surface area (Å²) in [5, 5.41) is 23.3. The van der Waals surface area contributed by atoms with Crippen LogP contribution in [0.25, 0.3) is 17.2 Å². The molecule has 1 atom stereocenters. The van der Waals surface area contributed by atoms with Crippen molar-refractivity contribution in [3.05, 3.63) is 39.0 Å². The quantitative estimate of drug-likeness (QED) is 0.594. The van der Waals surface area contributed by atoms with Gasteiger partial charge in [0.2, 0.25) is 11.6 Å². The summed E-state index contributed by atoms with van der Waals surface area (Å²) in [4.78, 5) is 23.8. The molecule has 0 radical (unpaired) electrons. The largest absolute Gasteiger partial charge is 0.480 e. The van der Waals surface area contributed by atoms with Gasteiger partial charge in [-0.15, -0.1) is 0 Å². The second-order valence-electron chi connectivity index (χ2n) is 6.95. The van der Waals surface area contributed by atoms with Crippen LogP contribution in [-0.2, 0) is 4.79 Å². The number of aliphatic carboxylic acids is 1. The van der Waals surface area contributed by atoms with Crippen molar-refractivity contribution >= 4 is 27.7 Å². The molecule has 0 spiro atoms. The van der Waals surface area contributed by atoms with E-state index >= 15 is 0 Å². The minimum atomic E-state index is -1.11. The van der Waals surface area contributed by atoms with Gasteiger partial charge in [0, 0.05) is 0 Å². The normalized spacial score (nSPS) is 12.8. The molecule has 2 N–H and O–H groups in total. The molecule has 0 aliphatic heterocycles. The Bertz CT molecular complexity index is 1080. The van der Waals surface area contributed by atoms with Crippen molar-refractivity contribution in [3.8, 4) is 17.2 Å². The van der Waals surface area contributed by atoms with Crippen LogP contribution in [0.15, 0.2) is 36.6 Å². The van der Waals surface area contributed by atoms with Crippen LogP contribution in [0.3, 0.4) is 0 Å². The lowest BCUT2D eigenvalue weighted by atomic mass is 9.87. The zero-order valence-corrected chi connectivity index (χ0v) is 16.5. The summed E-state index contributed by atoms with van der Waals surface area (Å²) in [6, 6.07) is 2.82. The number of anilines is 1. The molecule has 2 aromatic heterocycles. The van der Waals surface area contributed by atoms with E-state index in [0.717, 1.165) is 10.6 Å². The van der Waals surface area contributed by atoms with Gasteiger partial charge in [0.05, 0.1) is 10.2 Å². The van der Waals surface area contributed by atoms with Gasteiger partial charge in [-0.3, -0.25) is 4.52 Å². The van der Waals surface area contributed by atoms with Crippen molar-refractivity contribution < 1.29 is 23.4 Å². The number of carboxylic acid groups (broad SMARTS) is 1. The fourth-order valence-corrected chi connectivity index (χ4v) is 2.83. The van der Waals surface area contributed by atoms with Crippen LogP contribution in [0.5, 0.6) is 0 Å². The summed E-state index contributed by atoms with van der Waals surface area (Å²) in [6.07, 6.45) is 0. The van der Waals surface area contributed by atoms with Crippen LogP contribution in [-0.4, -0.2) is 37.2 Å². The molecule has 28 heavy (non-hydrogen) atoms. The van der Waals surface area contributed by atoms with Crippen LogP contribution in [0.2, 0.25) is 0 Å². The fourth-order valence-electron chi connectivity index (χ4n) is 2.47. The van der Waals surface area contributed by atoms with E-state index in [1.807, 2.05) is 0 Å². The fraction of sp³-hybridized carbons (Fsp3) is 0.312. The van der Waals surface area contributed by atoms with Gasteiger partial charge in [-0.1, -0.05) is 25.9 Å². The highest BCUT2D eigenvalue weighted by Crippen LogP contribution is 2.29. The molecular formula is C16H15BrFN5O5. The van der Waals surface area contributed by atoms with Crippen molar-refractivity contribution in [2.75, 3.05) is 5.32 Å². The topological polar surface area (TPSA) is 136 Å². The predicted octanol–water partition coefficient (Wildman–Crippen LogP) is 2.69. The maximum absolute atomic E-state index is 13.5. The monoisotopic (exact) mass is 455 g/mol. The van der Waals surface area contributed by atoms with Gasteiger partial charge in [0.15, 0.2) is 5.69 Å². The third-order valence-corrected chi connectivity index (χ3v) is 4.47. The molecule has 10 nitrogen and oxygen atoms in total. The number of hydrogen-bond donors (Lipinski definition) is 2. The van der Waals surface area contributed by atoms with E-state index in [1.165, 1.54) is 12.1 Å². The number of benzene rings is 1. The third-order valence-electron chi connectivity index (χ3n) is 3.86. The predicted molar refractivity (Wildman–Crippen MR) is 97.6 cm³/mol. The molecule has 0 saturated heterocycles. The van der Waals surface area contributed by atoms with Gasteiger partial charge >= 0.3 is 11.7 Å². The van der Waals surface area contributed by atoms with Gasteiger partial charge < -0.3 is 10.4 Å². The zero-order valence-electron chi connectivity index (χ0n) is 14.9. The lowest BCUT2D eigenvalue weighted by Crippen LogP contribution is -2.41. The highest BCUT2D eigenvalue weighted by molar-refractivity contribution is 9.10. The maximum Gasteiger partial charge on any atom is 0.446 e. The zero-order chi connectivity index (χ0) is 20.6. The van der Waals surface area contributed by atoms with E-state index in [0.29, 0.717) is 0 Å². The van der Waals surface area contributed by atoms with Crippen LogP contribution >= 0.6 is 15.9 Å². The van der Waals surface area contributed by atoms with Gasteiger partial charge in [0.25, 0.3) is 0 Å². The molecule has 3 aromatic rings. The third kappa shape index (κ3) is 3.67. The summed E-state index contributed by atoms with van der Waals surface area (Å²) in [6.45, 7) is 5.19. The molecule has 1 aromatic carbocycles. The number of rotatable bonds is 5. The molecule has 148 valence electrons. The second kappa shape index (κ2) is 7.19. The first-order valence-electron chi connectivity index (χ1n) is 7.96. The van der Waals surface area contributed by atoms with Crippen molar-refractivity contribution in [2.24, 2.45) is 5.41 Å². The Morgan fingerprint density at radius 2 is 2.04 bits per heavy atom. The lowest BCUT2D eigenvalue weighted by molar-refractivity contribution is -0.140. The van der Waals surface area contributed by atoms with E-state index in [4.69, 9.17) is 9.15 Å². The smallest absolute Gasteiger partial charge is 0.446 e. The van der Waals surface area contributed by atoms with Gasteiger partial charge in [-0.2, -0.15) is 0 Å². The van der Waals surface area contributed by atoms with E-state index in [-0.39, 0.29) is 27.5 Å². The highest BCUT2D eigenvalue weighted by atomic mass is 79.9. The molecule has 3 rings (SSSR count). The number of nitrogens with one attached hydrogen (secondary N) is 1. The van der Waals surface area contributed by atoms with E-state index < -0.39 is 29.0 Å². The van der Waals surface area contributed by atoms with Crippen LogP contribution in [0, 0.1) is 11.2 Å². The number of halogens is 2. The summed E-state index contributed by atoms with van der Waals surface area (Å²) < 4.78 is 24.1. The molecule has 0 bridgehead atoms. The van der Waals surface area contributed by atoms with E-state index in [9.17, 15) is 19.1 Å². The molecule has 0 fully saturated rings. The number of nitrogens with zero attached hydrogens (tertiary/aromatic N) is 4. The standard InChI is InChI=1S/C16H15BrFN5O5/c1-16(2,3)11(14(24)25)19-12-10(20-28-21-12)13-22-27-15(26)23(13)7-4-5-9(18)8(17)6-7/h4-6,11H,1-3H3,(H,19,21)(H,24,25). The van der Waals surface area contributed by atoms with Gasteiger partial charge in [-0.05, 0) is 49.9 Å². The maximum atomic E-state index is 13.5. The molecule has 2 heterocycles. The minimum Gasteiger partial charge on any atom is -0.480 e. The summed E-state index contributed by atoms with van der Waals surface area (Å²) in [5.74, 6) is -2.61. The Morgan fingerprint density at radius 3 is 2.64 bits per heavy atom. The number of carbonyl (C=O) groups is 1. The highest BCUT2D eigenvalue weighted by Gasteiger charge is 2.34. The Balaban J connectivity index is 2.08. The Morgan fingerprint density at radius 1 is 1.32 bits per heavy atom. The molecule has 12 heteroatoms. The molecular weight excluding hydrogens is 441 g/mol. The Labute approximate surface area is 165 Å². The van der Waals surface area contributed by atoms with Crippen molar-refractivity contribution in [1.82, 2.24) is 20.0 Å². The first-order valence-corrected chi connectivity index (χ1v) is 8.75. The van der Waals surface area contributed by atoms with Crippen molar-refractivity contribution in [1.29, 1.82) is 0 Å². The number of carboxylic acids is 1.